The van der Waals surface area contributed by atoms with E-state index >= 15 is 0 Å². The maximum absolute atomic E-state index is 12.4. The molecule has 0 amide bonds. The van der Waals surface area contributed by atoms with E-state index in [9.17, 15) is 18.0 Å². The Morgan fingerprint density at radius 3 is 2.58 bits per heavy atom. The zero-order chi connectivity index (χ0) is 13.9. The summed E-state index contributed by atoms with van der Waals surface area (Å²) < 4.78 is 37.3. The van der Waals surface area contributed by atoms with Crippen LogP contribution in [0.2, 0.25) is 0 Å². The molecule has 1 aliphatic heterocycles. The Hall–Kier alpha value is -1.36. The number of carbonyl (C=O) groups is 1. The average Bonchev–Trinajstić information content (AvgIpc) is 2.38. The number of Topliss-reactive ketones (excluding diaryl/α,β-unsaturated/α-hetero) is 1. The van der Waals surface area contributed by atoms with Crippen LogP contribution >= 0.6 is 0 Å². The minimum Gasteiger partial charge on any atom is -0.298 e. The standard InChI is InChI=1S/C14H16F3NO/c15-14(16,17)13(19)12-7-4-8-18(10-12)9-11-5-2-1-3-6-11/h1-3,5-6,12H,4,7-10H2. The highest BCUT2D eigenvalue weighted by atomic mass is 19.4. The van der Waals surface area contributed by atoms with Crippen molar-refractivity contribution in [3.63, 3.8) is 0 Å². The molecule has 0 aromatic heterocycles. The fraction of sp³-hybridized carbons (Fsp3) is 0.500. The molecule has 0 N–H and O–H groups in total. The van der Waals surface area contributed by atoms with Crippen molar-refractivity contribution in [2.75, 3.05) is 13.1 Å². The molecule has 5 heteroatoms. The summed E-state index contributed by atoms with van der Waals surface area (Å²) in [6.45, 7) is 1.55. The van der Waals surface area contributed by atoms with Crippen LogP contribution in [0, 0.1) is 5.92 Å². The van der Waals surface area contributed by atoms with Crippen LogP contribution < -0.4 is 0 Å². The maximum atomic E-state index is 12.4. The van der Waals surface area contributed by atoms with Gasteiger partial charge >= 0.3 is 6.18 Å². The number of carbonyl (C=O) groups excluding carboxylic acids is 1. The van der Waals surface area contributed by atoms with Gasteiger partial charge in [0.15, 0.2) is 0 Å². The third-order valence-corrected chi connectivity index (χ3v) is 3.40. The first-order valence-electron chi connectivity index (χ1n) is 6.34. The topological polar surface area (TPSA) is 20.3 Å². The molecule has 2 rings (SSSR count). The highest BCUT2D eigenvalue weighted by molar-refractivity contribution is 5.86. The van der Waals surface area contributed by atoms with Gasteiger partial charge in [-0.05, 0) is 24.9 Å². The number of ketones is 1. The normalized spacial score (nSPS) is 21.3. The lowest BCUT2D eigenvalue weighted by Crippen LogP contribution is -2.42. The molecule has 0 aliphatic carbocycles. The lowest BCUT2D eigenvalue weighted by Gasteiger charge is -2.32. The SMILES string of the molecule is O=C(C1CCCN(Cc2ccccc2)C1)C(F)(F)F. The van der Waals surface area contributed by atoms with Crippen molar-refractivity contribution in [1.82, 2.24) is 4.90 Å². The van der Waals surface area contributed by atoms with E-state index in [0.29, 0.717) is 19.4 Å². The highest BCUT2D eigenvalue weighted by Crippen LogP contribution is 2.27. The van der Waals surface area contributed by atoms with Crippen LogP contribution in [0.5, 0.6) is 0 Å². The van der Waals surface area contributed by atoms with Crippen molar-refractivity contribution in [1.29, 1.82) is 0 Å². The lowest BCUT2D eigenvalue weighted by molar-refractivity contribution is -0.177. The van der Waals surface area contributed by atoms with Crippen LogP contribution in [0.25, 0.3) is 0 Å². The summed E-state index contributed by atoms with van der Waals surface area (Å²) in [5.74, 6) is -2.48. The van der Waals surface area contributed by atoms with Crippen molar-refractivity contribution < 1.29 is 18.0 Å². The Morgan fingerprint density at radius 1 is 1.26 bits per heavy atom. The zero-order valence-corrected chi connectivity index (χ0v) is 10.5. The molecule has 0 bridgehead atoms. The number of hydrogen-bond acceptors (Lipinski definition) is 2. The molecule has 2 nitrogen and oxygen atoms in total. The molecule has 1 unspecified atom stereocenters. The van der Waals surface area contributed by atoms with Crippen molar-refractivity contribution in [3.05, 3.63) is 35.9 Å². The molecule has 19 heavy (non-hydrogen) atoms. The number of hydrogen-bond donors (Lipinski definition) is 0. The van der Waals surface area contributed by atoms with E-state index < -0.39 is 17.9 Å². The molecule has 1 aromatic rings. The number of nitrogens with zero attached hydrogens (tertiary/aromatic N) is 1. The van der Waals surface area contributed by atoms with Gasteiger partial charge in [0.2, 0.25) is 5.78 Å². The van der Waals surface area contributed by atoms with Gasteiger partial charge in [-0.3, -0.25) is 9.69 Å². The Bertz CT molecular complexity index is 430. The molecule has 1 fully saturated rings. The fourth-order valence-corrected chi connectivity index (χ4v) is 2.49. The molecule has 1 saturated heterocycles. The number of halogens is 3. The summed E-state index contributed by atoms with van der Waals surface area (Å²) in [6, 6.07) is 9.58. The van der Waals surface area contributed by atoms with Crippen LogP contribution in [0.1, 0.15) is 18.4 Å². The largest absolute Gasteiger partial charge is 0.450 e. The summed E-state index contributed by atoms with van der Waals surface area (Å²) in [4.78, 5) is 13.2. The van der Waals surface area contributed by atoms with Crippen molar-refractivity contribution >= 4 is 5.78 Å². The van der Waals surface area contributed by atoms with Gasteiger partial charge in [0.05, 0.1) is 0 Å². The number of benzene rings is 1. The van der Waals surface area contributed by atoms with Gasteiger partial charge in [-0.2, -0.15) is 13.2 Å². The van der Waals surface area contributed by atoms with E-state index in [0.717, 1.165) is 12.1 Å². The average molecular weight is 271 g/mol. The van der Waals surface area contributed by atoms with E-state index in [1.54, 1.807) is 0 Å². The first-order chi connectivity index (χ1) is 8.97. The molecule has 1 atom stereocenters. The van der Waals surface area contributed by atoms with E-state index in [1.807, 2.05) is 35.2 Å². The highest BCUT2D eigenvalue weighted by Gasteiger charge is 2.44. The first-order valence-corrected chi connectivity index (χ1v) is 6.34. The Morgan fingerprint density at radius 2 is 1.95 bits per heavy atom. The molecular weight excluding hydrogens is 255 g/mol. The summed E-state index contributed by atoms with van der Waals surface area (Å²) in [5.41, 5.74) is 1.06. The molecule has 1 aliphatic rings. The van der Waals surface area contributed by atoms with Crippen molar-refractivity contribution in [3.8, 4) is 0 Å². The molecule has 1 aromatic carbocycles. The maximum Gasteiger partial charge on any atom is 0.450 e. The third kappa shape index (κ3) is 3.80. The third-order valence-electron chi connectivity index (χ3n) is 3.40. The monoisotopic (exact) mass is 271 g/mol. The van der Waals surface area contributed by atoms with Gasteiger partial charge in [-0.1, -0.05) is 30.3 Å². The minimum absolute atomic E-state index is 0.202. The van der Waals surface area contributed by atoms with E-state index in [2.05, 4.69) is 0 Å². The Labute approximate surface area is 110 Å². The van der Waals surface area contributed by atoms with E-state index in [4.69, 9.17) is 0 Å². The molecule has 1 heterocycles. The van der Waals surface area contributed by atoms with Gasteiger partial charge in [-0.15, -0.1) is 0 Å². The number of likely N-dealkylation sites (tertiary alicyclic amines) is 1. The van der Waals surface area contributed by atoms with Gasteiger partial charge < -0.3 is 0 Å². The van der Waals surface area contributed by atoms with Gasteiger partial charge in [0.1, 0.15) is 0 Å². The number of alkyl halides is 3. The van der Waals surface area contributed by atoms with Crippen LogP contribution in [0.15, 0.2) is 30.3 Å². The van der Waals surface area contributed by atoms with E-state index in [1.165, 1.54) is 0 Å². The Balaban J connectivity index is 1.96. The second-order valence-electron chi connectivity index (χ2n) is 4.92. The molecule has 0 saturated carbocycles. The summed E-state index contributed by atoms with van der Waals surface area (Å²) in [5, 5.41) is 0. The number of rotatable bonds is 3. The van der Waals surface area contributed by atoms with Crippen LogP contribution in [-0.2, 0) is 11.3 Å². The van der Waals surface area contributed by atoms with Crippen LogP contribution in [0.3, 0.4) is 0 Å². The summed E-state index contributed by atoms with van der Waals surface area (Å²) >= 11 is 0. The summed E-state index contributed by atoms with van der Waals surface area (Å²) in [6.07, 6.45) is -3.73. The second kappa shape index (κ2) is 5.74. The van der Waals surface area contributed by atoms with E-state index in [-0.39, 0.29) is 6.54 Å². The predicted molar refractivity (Wildman–Crippen MR) is 65.5 cm³/mol. The summed E-state index contributed by atoms with van der Waals surface area (Å²) in [7, 11) is 0. The molecular formula is C14H16F3NO. The van der Waals surface area contributed by atoms with Gasteiger partial charge in [-0.25, -0.2) is 0 Å². The first kappa shape index (κ1) is 14.1. The van der Waals surface area contributed by atoms with Gasteiger partial charge in [0.25, 0.3) is 0 Å². The minimum atomic E-state index is -4.71. The van der Waals surface area contributed by atoms with Crippen LogP contribution in [-0.4, -0.2) is 29.9 Å². The quantitative estimate of drug-likeness (QED) is 0.842. The zero-order valence-electron chi connectivity index (χ0n) is 10.5. The molecule has 0 spiro atoms. The lowest BCUT2D eigenvalue weighted by atomic mass is 9.93. The molecule has 0 radical (unpaired) electrons. The Kier molecular flexibility index (Phi) is 4.24. The predicted octanol–water partition coefficient (Wildman–Crippen LogP) is 3.03. The van der Waals surface area contributed by atoms with Crippen molar-refractivity contribution in [2.24, 2.45) is 5.92 Å². The molecule has 104 valence electrons. The van der Waals surface area contributed by atoms with Gasteiger partial charge in [0, 0.05) is 19.0 Å². The smallest absolute Gasteiger partial charge is 0.298 e. The second-order valence-corrected chi connectivity index (χ2v) is 4.92. The van der Waals surface area contributed by atoms with Crippen molar-refractivity contribution in [2.45, 2.75) is 25.6 Å². The fourth-order valence-electron chi connectivity index (χ4n) is 2.49. The number of piperidine rings is 1. The van der Waals surface area contributed by atoms with Crippen LogP contribution in [0.4, 0.5) is 13.2 Å².